The van der Waals surface area contributed by atoms with Crippen LogP contribution in [0, 0.1) is 5.82 Å². The van der Waals surface area contributed by atoms with Crippen LogP contribution in [0.3, 0.4) is 0 Å². The second-order valence-electron chi connectivity index (χ2n) is 5.09. The zero-order valence-electron chi connectivity index (χ0n) is 12.0. The normalized spacial score (nSPS) is 14.9. The van der Waals surface area contributed by atoms with E-state index in [1.54, 1.807) is 12.1 Å². The Morgan fingerprint density at radius 3 is 2.42 bits per heavy atom. The SMILES string of the molecule is CCC(N)C(c1ccccc1F)N(CCO)C(C)C. The Hall–Kier alpha value is -0.970. The summed E-state index contributed by atoms with van der Waals surface area (Å²) in [5, 5.41) is 9.23. The topological polar surface area (TPSA) is 49.5 Å². The van der Waals surface area contributed by atoms with E-state index in [1.807, 2.05) is 26.8 Å². The summed E-state index contributed by atoms with van der Waals surface area (Å²) in [6.45, 7) is 6.59. The van der Waals surface area contributed by atoms with Gasteiger partial charge in [-0.3, -0.25) is 4.90 Å². The Morgan fingerprint density at radius 1 is 1.32 bits per heavy atom. The standard InChI is InChI=1S/C15H25FN2O/c1-4-14(17)15(18(9-10-19)11(2)3)12-7-5-6-8-13(12)16/h5-8,11,14-15,19H,4,9-10,17H2,1-3H3. The van der Waals surface area contributed by atoms with Crippen LogP contribution in [0.25, 0.3) is 0 Å². The van der Waals surface area contributed by atoms with Crippen LogP contribution < -0.4 is 5.73 Å². The van der Waals surface area contributed by atoms with Crippen molar-refractivity contribution >= 4 is 0 Å². The molecule has 0 aliphatic heterocycles. The fraction of sp³-hybridized carbons (Fsp3) is 0.600. The molecule has 0 saturated heterocycles. The smallest absolute Gasteiger partial charge is 0.128 e. The molecule has 0 aromatic heterocycles. The molecule has 1 aromatic rings. The van der Waals surface area contributed by atoms with Gasteiger partial charge in [0, 0.05) is 24.2 Å². The van der Waals surface area contributed by atoms with Gasteiger partial charge in [-0.15, -0.1) is 0 Å². The van der Waals surface area contributed by atoms with E-state index in [2.05, 4.69) is 4.90 Å². The molecule has 0 heterocycles. The maximum absolute atomic E-state index is 14.1. The fourth-order valence-corrected chi connectivity index (χ4v) is 2.43. The molecule has 2 unspecified atom stereocenters. The summed E-state index contributed by atoms with van der Waals surface area (Å²) in [5.41, 5.74) is 6.81. The molecule has 0 spiro atoms. The highest BCUT2D eigenvalue weighted by atomic mass is 19.1. The fourth-order valence-electron chi connectivity index (χ4n) is 2.43. The summed E-state index contributed by atoms with van der Waals surface area (Å²) in [6, 6.07) is 6.56. The average molecular weight is 268 g/mol. The monoisotopic (exact) mass is 268 g/mol. The van der Waals surface area contributed by atoms with Gasteiger partial charge < -0.3 is 10.8 Å². The largest absolute Gasteiger partial charge is 0.395 e. The molecule has 0 aliphatic rings. The maximum Gasteiger partial charge on any atom is 0.128 e. The van der Waals surface area contributed by atoms with Crippen molar-refractivity contribution in [1.82, 2.24) is 4.90 Å². The van der Waals surface area contributed by atoms with E-state index in [1.165, 1.54) is 6.07 Å². The molecular weight excluding hydrogens is 243 g/mol. The number of rotatable bonds is 7. The number of nitrogens with zero attached hydrogens (tertiary/aromatic N) is 1. The minimum Gasteiger partial charge on any atom is -0.395 e. The second-order valence-corrected chi connectivity index (χ2v) is 5.09. The van der Waals surface area contributed by atoms with E-state index < -0.39 is 0 Å². The van der Waals surface area contributed by atoms with Gasteiger partial charge >= 0.3 is 0 Å². The van der Waals surface area contributed by atoms with Crippen molar-refractivity contribution < 1.29 is 9.50 Å². The highest BCUT2D eigenvalue weighted by Crippen LogP contribution is 2.28. The molecule has 1 aromatic carbocycles. The molecule has 2 atom stereocenters. The zero-order valence-corrected chi connectivity index (χ0v) is 12.0. The molecule has 0 saturated carbocycles. The number of aliphatic hydroxyl groups is 1. The second kappa shape index (κ2) is 7.58. The van der Waals surface area contributed by atoms with E-state index in [-0.39, 0.29) is 30.5 Å². The first kappa shape index (κ1) is 16.1. The lowest BCUT2D eigenvalue weighted by Gasteiger charge is -2.38. The maximum atomic E-state index is 14.1. The first-order chi connectivity index (χ1) is 9.02. The molecular formula is C15H25FN2O. The summed E-state index contributed by atoms with van der Waals surface area (Å²) in [4.78, 5) is 2.06. The first-order valence-electron chi connectivity index (χ1n) is 6.89. The van der Waals surface area contributed by atoms with Crippen LogP contribution in [0.1, 0.15) is 38.8 Å². The molecule has 19 heavy (non-hydrogen) atoms. The van der Waals surface area contributed by atoms with Gasteiger partial charge in [0.05, 0.1) is 12.6 Å². The van der Waals surface area contributed by atoms with Crippen molar-refractivity contribution in [2.24, 2.45) is 5.73 Å². The van der Waals surface area contributed by atoms with E-state index in [0.717, 1.165) is 6.42 Å². The van der Waals surface area contributed by atoms with Crippen LogP contribution in [0.5, 0.6) is 0 Å². The van der Waals surface area contributed by atoms with Gasteiger partial charge in [0.15, 0.2) is 0 Å². The molecule has 0 amide bonds. The van der Waals surface area contributed by atoms with Crippen molar-refractivity contribution in [2.45, 2.75) is 45.3 Å². The lowest BCUT2D eigenvalue weighted by atomic mass is 9.94. The number of benzene rings is 1. The predicted octanol–water partition coefficient (Wildman–Crippen LogP) is 2.31. The molecule has 1 rings (SSSR count). The highest BCUT2D eigenvalue weighted by molar-refractivity contribution is 5.23. The van der Waals surface area contributed by atoms with Crippen LogP contribution in [-0.4, -0.2) is 35.2 Å². The van der Waals surface area contributed by atoms with Crippen LogP contribution in [0.2, 0.25) is 0 Å². The zero-order chi connectivity index (χ0) is 14.4. The third-order valence-corrected chi connectivity index (χ3v) is 3.48. The lowest BCUT2D eigenvalue weighted by Crippen LogP contribution is -2.45. The van der Waals surface area contributed by atoms with E-state index >= 15 is 0 Å². The molecule has 0 aliphatic carbocycles. The Labute approximate surface area is 115 Å². The van der Waals surface area contributed by atoms with Crippen molar-refractivity contribution in [3.05, 3.63) is 35.6 Å². The Bertz CT molecular complexity index is 384. The van der Waals surface area contributed by atoms with Crippen LogP contribution in [0.15, 0.2) is 24.3 Å². The number of hydrogen-bond acceptors (Lipinski definition) is 3. The molecule has 0 bridgehead atoms. The number of halogens is 1. The van der Waals surface area contributed by atoms with E-state index in [0.29, 0.717) is 12.1 Å². The summed E-state index contributed by atoms with van der Waals surface area (Å²) < 4.78 is 14.1. The molecule has 0 radical (unpaired) electrons. The van der Waals surface area contributed by atoms with Crippen molar-refractivity contribution in [2.75, 3.05) is 13.2 Å². The third-order valence-electron chi connectivity index (χ3n) is 3.48. The van der Waals surface area contributed by atoms with Crippen molar-refractivity contribution in [1.29, 1.82) is 0 Å². The minimum absolute atomic E-state index is 0.0412. The molecule has 0 fully saturated rings. The molecule has 3 N–H and O–H groups in total. The molecule has 4 heteroatoms. The van der Waals surface area contributed by atoms with E-state index in [4.69, 9.17) is 5.73 Å². The molecule has 108 valence electrons. The third kappa shape index (κ3) is 4.00. The predicted molar refractivity (Wildman–Crippen MR) is 76.3 cm³/mol. The van der Waals surface area contributed by atoms with Gasteiger partial charge in [-0.05, 0) is 26.3 Å². The summed E-state index contributed by atoms with van der Waals surface area (Å²) in [7, 11) is 0. The van der Waals surface area contributed by atoms with E-state index in [9.17, 15) is 9.50 Å². The van der Waals surface area contributed by atoms with Crippen LogP contribution in [-0.2, 0) is 0 Å². The number of hydrogen-bond donors (Lipinski definition) is 2. The Morgan fingerprint density at radius 2 is 1.95 bits per heavy atom. The first-order valence-corrected chi connectivity index (χ1v) is 6.89. The number of aliphatic hydroxyl groups excluding tert-OH is 1. The quantitative estimate of drug-likeness (QED) is 0.798. The molecule has 3 nitrogen and oxygen atoms in total. The van der Waals surface area contributed by atoms with Gasteiger partial charge in [0.25, 0.3) is 0 Å². The van der Waals surface area contributed by atoms with Gasteiger partial charge in [-0.25, -0.2) is 4.39 Å². The Kier molecular flexibility index (Phi) is 6.42. The summed E-state index contributed by atoms with van der Waals surface area (Å²) in [5.74, 6) is -0.236. The Balaban J connectivity index is 3.17. The van der Waals surface area contributed by atoms with Gasteiger partial charge in [0.2, 0.25) is 0 Å². The minimum atomic E-state index is -0.236. The summed E-state index contributed by atoms with van der Waals surface area (Å²) >= 11 is 0. The average Bonchev–Trinajstić information content (AvgIpc) is 2.39. The van der Waals surface area contributed by atoms with Crippen LogP contribution in [0.4, 0.5) is 4.39 Å². The van der Waals surface area contributed by atoms with Gasteiger partial charge in [0.1, 0.15) is 5.82 Å². The van der Waals surface area contributed by atoms with Crippen LogP contribution >= 0.6 is 0 Å². The summed E-state index contributed by atoms with van der Waals surface area (Å²) in [6.07, 6.45) is 0.758. The highest BCUT2D eigenvalue weighted by Gasteiger charge is 2.29. The van der Waals surface area contributed by atoms with Gasteiger partial charge in [-0.2, -0.15) is 0 Å². The van der Waals surface area contributed by atoms with Gasteiger partial charge in [-0.1, -0.05) is 25.1 Å². The van der Waals surface area contributed by atoms with Crippen molar-refractivity contribution in [3.63, 3.8) is 0 Å². The van der Waals surface area contributed by atoms with Crippen molar-refractivity contribution in [3.8, 4) is 0 Å². The lowest BCUT2D eigenvalue weighted by molar-refractivity contribution is 0.0989. The number of nitrogens with two attached hydrogens (primary N) is 1.